The largest absolute Gasteiger partial charge is 0.462 e. The van der Waals surface area contributed by atoms with Crippen molar-refractivity contribution in [3.05, 3.63) is 85.1 Å². The summed E-state index contributed by atoms with van der Waals surface area (Å²) in [6, 6.07) is 0. The Morgan fingerprint density at radius 3 is 1.07 bits per heavy atom. The number of rotatable bonds is 42. The van der Waals surface area contributed by atoms with Gasteiger partial charge in [-0.3, -0.25) is 14.4 Å². The van der Waals surface area contributed by atoms with Crippen LogP contribution in [-0.2, 0) is 28.6 Å². The van der Waals surface area contributed by atoms with Crippen molar-refractivity contribution in [3.8, 4) is 0 Å². The highest BCUT2D eigenvalue weighted by molar-refractivity contribution is 5.71. The molecular formula is C53H88O6. The molecule has 0 spiro atoms. The maximum Gasteiger partial charge on any atom is 0.306 e. The lowest BCUT2D eigenvalue weighted by Gasteiger charge is -2.18. The van der Waals surface area contributed by atoms with Crippen LogP contribution >= 0.6 is 0 Å². The fraction of sp³-hybridized carbons (Fsp3) is 0.679. The van der Waals surface area contributed by atoms with Gasteiger partial charge in [0.25, 0.3) is 0 Å². The fourth-order valence-electron chi connectivity index (χ4n) is 6.27. The summed E-state index contributed by atoms with van der Waals surface area (Å²) in [6.45, 7) is 6.32. The van der Waals surface area contributed by atoms with E-state index in [0.717, 1.165) is 122 Å². The van der Waals surface area contributed by atoms with Gasteiger partial charge in [-0.2, -0.15) is 0 Å². The molecule has 0 aromatic heterocycles. The summed E-state index contributed by atoms with van der Waals surface area (Å²) < 4.78 is 16.7. The number of carbonyl (C=O) groups excluding carboxylic acids is 3. The molecule has 0 N–H and O–H groups in total. The lowest BCUT2D eigenvalue weighted by molar-refractivity contribution is -0.167. The van der Waals surface area contributed by atoms with Crippen LogP contribution in [0.15, 0.2) is 85.1 Å². The van der Waals surface area contributed by atoms with E-state index in [1.807, 2.05) is 0 Å². The fourth-order valence-corrected chi connectivity index (χ4v) is 6.27. The minimum Gasteiger partial charge on any atom is -0.462 e. The van der Waals surface area contributed by atoms with Crippen LogP contribution in [0.5, 0.6) is 0 Å². The van der Waals surface area contributed by atoms with Crippen molar-refractivity contribution >= 4 is 17.9 Å². The first-order chi connectivity index (χ1) is 29.0. The third-order valence-electron chi connectivity index (χ3n) is 9.86. The third-order valence-corrected chi connectivity index (χ3v) is 9.86. The first-order valence-corrected chi connectivity index (χ1v) is 24.1. The molecule has 0 radical (unpaired) electrons. The van der Waals surface area contributed by atoms with E-state index in [2.05, 4.69) is 106 Å². The average Bonchev–Trinajstić information content (AvgIpc) is 3.23. The molecule has 59 heavy (non-hydrogen) atoms. The van der Waals surface area contributed by atoms with Gasteiger partial charge in [-0.25, -0.2) is 0 Å². The maximum atomic E-state index is 12.7. The van der Waals surface area contributed by atoms with Crippen LogP contribution in [0.2, 0.25) is 0 Å². The normalized spacial score (nSPS) is 12.8. The van der Waals surface area contributed by atoms with E-state index in [-0.39, 0.29) is 37.5 Å². The first kappa shape index (κ1) is 55.6. The van der Waals surface area contributed by atoms with Crippen molar-refractivity contribution in [1.82, 2.24) is 0 Å². The minimum absolute atomic E-state index is 0.0971. The molecule has 0 bridgehead atoms. The minimum atomic E-state index is -0.798. The lowest BCUT2D eigenvalue weighted by atomic mass is 10.1. The summed E-state index contributed by atoms with van der Waals surface area (Å²) >= 11 is 0. The number of ether oxygens (including phenoxy) is 3. The molecule has 0 saturated heterocycles. The Hall–Kier alpha value is -3.41. The van der Waals surface area contributed by atoms with Crippen molar-refractivity contribution in [1.29, 1.82) is 0 Å². The van der Waals surface area contributed by atoms with Crippen molar-refractivity contribution in [2.75, 3.05) is 13.2 Å². The van der Waals surface area contributed by atoms with Gasteiger partial charge in [0.05, 0.1) is 0 Å². The van der Waals surface area contributed by atoms with E-state index in [1.54, 1.807) is 0 Å². The van der Waals surface area contributed by atoms with Crippen molar-refractivity contribution in [3.63, 3.8) is 0 Å². The predicted molar refractivity (Wildman–Crippen MR) is 251 cm³/mol. The highest BCUT2D eigenvalue weighted by Crippen LogP contribution is 2.13. The van der Waals surface area contributed by atoms with Crippen LogP contribution in [0.1, 0.15) is 213 Å². The zero-order valence-electron chi connectivity index (χ0n) is 38.2. The Labute approximate surface area is 363 Å². The second-order valence-corrected chi connectivity index (χ2v) is 15.6. The Bertz CT molecular complexity index is 1170. The van der Waals surface area contributed by atoms with Gasteiger partial charge in [-0.15, -0.1) is 0 Å². The van der Waals surface area contributed by atoms with Crippen molar-refractivity contribution in [2.45, 2.75) is 219 Å². The topological polar surface area (TPSA) is 78.9 Å². The molecule has 1 unspecified atom stereocenters. The Morgan fingerprint density at radius 2 is 0.661 bits per heavy atom. The van der Waals surface area contributed by atoms with Crippen LogP contribution in [0.4, 0.5) is 0 Å². The molecule has 0 aromatic carbocycles. The Balaban J connectivity index is 4.43. The van der Waals surface area contributed by atoms with E-state index >= 15 is 0 Å². The summed E-state index contributed by atoms with van der Waals surface area (Å²) in [5, 5.41) is 0. The molecule has 0 fully saturated rings. The van der Waals surface area contributed by atoms with Crippen molar-refractivity contribution in [2.24, 2.45) is 0 Å². The van der Waals surface area contributed by atoms with Crippen LogP contribution in [-0.4, -0.2) is 37.2 Å². The van der Waals surface area contributed by atoms with E-state index in [4.69, 9.17) is 14.2 Å². The standard InChI is InChI=1S/C53H88O6/c1-4-7-10-13-16-19-22-24-25-26-27-29-31-34-37-40-43-46-52(55)58-49-50(48-57-51(54)45-42-39-36-33-30-21-18-15-12-9-6-3)59-53(56)47-44-41-38-35-32-28-23-20-17-14-11-8-5-2/h7-8,10-11,15-20,24-25,28,32,50H,4-6,9,12-14,21-23,26-27,29-31,33-49H2,1-3H3/b10-7-,11-8-,18-15-,19-16-,20-17-,25-24-,32-28-. The number of esters is 3. The van der Waals surface area contributed by atoms with E-state index in [0.29, 0.717) is 12.8 Å². The predicted octanol–water partition coefficient (Wildman–Crippen LogP) is 15.6. The quantitative estimate of drug-likeness (QED) is 0.0264. The Morgan fingerprint density at radius 1 is 0.356 bits per heavy atom. The number of hydrogen-bond acceptors (Lipinski definition) is 6. The second kappa shape index (κ2) is 47.3. The molecule has 6 nitrogen and oxygen atoms in total. The lowest BCUT2D eigenvalue weighted by Crippen LogP contribution is -2.30. The van der Waals surface area contributed by atoms with Gasteiger partial charge in [0.15, 0.2) is 6.10 Å². The summed E-state index contributed by atoms with van der Waals surface area (Å²) in [4.78, 5) is 37.8. The van der Waals surface area contributed by atoms with Crippen molar-refractivity contribution < 1.29 is 28.6 Å². The van der Waals surface area contributed by atoms with Gasteiger partial charge in [0, 0.05) is 19.3 Å². The van der Waals surface area contributed by atoms with E-state index in [9.17, 15) is 14.4 Å². The number of allylic oxidation sites excluding steroid dienone is 14. The summed E-state index contributed by atoms with van der Waals surface area (Å²) in [7, 11) is 0. The molecule has 0 aliphatic carbocycles. The molecule has 0 aliphatic heterocycles. The van der Waals surface area contributed by atoms with Crippen LogP contribution < -0.4 is 0 Å². The zero-order chi connectivity index (χ0) is 43.0. The molecule has 0 aliphatic rings. The van der Waals surface area contributed by atoms with Gasteiger partial charge in [-0.1, -0.05) is 176 Å². The second-order valence-electron chi connectivity index (χ2n) is 15.6. The van der Waals surface area contributed by atoms with Gasteiger partial charge >= 0.3 is 17.9 Å². The smallest absolute Gasteiger partial charge is 0.306 e. The molecule has 0 saturated carbocycles. The molecule has 0 amide bonds. The summed E-state index contributed by atoms with van der Waals surface area (Å²) in [5.74, 6) is -0.951. The molecule has 1 atom stereocenters. The summed E-state index contributed by atoms with van der Waals surface area (Å²) in [6.07, 6.45) is 59.9. The molecule has 0 heterocycles. The highest BCUT2D eigenvalue weighted by Gasteiger charge is 2.19. The number of hydrogen-bond donors (Lipinski definition) is 0. The van der Waals surface area contributed by atoms with Gasteiger partial charge < -0.3 is 14.2 Å². The van der Waals surface area contributed by atoms with Crippen LogP contribution in [0.3, 0.4) is 0 Å². The maximum absolute atomic E-state index is 12.7. The van der Waals surface area contributed by atoms with E-state index < -0.39 is 6.10 Å². The third kappa shape index (κ3) is 45.5. The molecule has 336 valence electrons. The molecule has 6 heteroatoms. The SMILES string of the molecule is CC/C=C\C/C=C\C/C=C\CCCCCCCCCC(=O)OCC(COC(=O)CCCCCCC/C=C\CCCC)OC(=O)CCCCC/C=C\C/C=C\C/C=C\CC. The Kier molecular flexibility index (Phi) is 44.5. The molecule has 0 aromatic rings. The van der Waals surface area contributed by atoms with Gasteiger partial charge in [0.1, 0.15) is 13.2 Å². The van der Waals surface area contributed by atoms with Gasteiger partial charge in [0.2, 0.25) is 0 Å². The molecular weight excluding hydrogens is 733 g/mol. The number of carbonyl (C=O) groups is 3. The van der Waals surface area contributed by atoms with Gasteiger partial charge in [-0.05, 0) is 103 Å². The van der Waals surface area contributed by atoms with E-state index in [1.165, 1.54) is 51.4 Å². The number of unbranched alkanes of at least 4 members (excludes halogenated alkanes) is 17. The monoisotopic (exact) mass is 821 g/mol. The zero-order valence-corrected chi connectivity index (χ0v) is 38.2. The van der Waals surface area contributed by atoms with Crippen LogP contribution in [0, 0.1) is 0 Å². The summed E-state index contributed by atoms with van der Waals surface area (Å²) in [5.41, 5.74) is 0. The first-order valence-electron chi connectivity index (χ1n) is 24.1. The molecule has 0 rings (SSSR count). The van der Waals surface area contributed by atoms with Crippen LogP contribution in [0.25, 0.3) is 0 Å². The average molecular weight is 821 g/mol. The highest BCUT2D eigenvalue weighted by atomic mass is 16.6.